The Morgan fingerprint density at radius 1 is 0.339 bits per heavy atom. The van der Waals surface area contributed by atoms with Gasteiger partial charge in [0.25, 0.3) is 0 Å². The Bertz CT molecular complexity index is 3430. The summed E-state index contributed by atoms with van der Waals surface area (Å²) < 4.78 is 9.56. The molecule has 0 aliphatic rings. The Kier molecular flexibility index (Phi) is 7.75. The largest absolute Gasteiger partial charge is 0.455 e. The summed E-state index contributed by atoms with van der Waals surface area (Å²) in [6.07, 6.45) is 0. The van der Waals surface area contributed by atoms with Gasteiger partial charge in [0.2, 0.25) is 0 Å². The van der Waals surface area contributed by atoms with E-state index in [1.54, 1.807) is 0 Å². The first-order valence-corrected chi connectivity index (χ1v) is 20.9. The van der Waals surface area contributed by atoms with Gasteiger partial charge in [-0.3, -0.25) is 0 Å². The van der Waals surface area contributed by atoms with Crippen molar-refractivity contribution in [2.24, 2.45) is 0 Å². The third-order valence-corrected chi connectivity index (χ3v) is 13.0. The minimum atomic E-state index is 0.899. The molecular formula is C56H35NOS. The topological polar surface area (TPSA) is 16.4 Å². The molecule has 0 aliphatic carbocycles. The van der Waals surface area contributed by atoms with Crippen LogP contribution >= 0.6 is 11.3 Å². The van der Waals surface area contributed by atoms with Crippen molar-refractivity contribution in [3.8, 4) is 33.4 Å². The number of fused-ring (bicyclic) bond motifs is 9. The van der Waals surface area contributed by atoms with E-state index < -0.39 is 0 Å². The predicted octanol–water partition coefficient (Wildman–Crippen LogP) is 16.7. The molecule has 2 nitrogen and oxygen atoms in total. The van der Waals surface area contributed by atoms with Crippen molar-refractivity contribution >= 4 is 92.1 Å². The summed E-state index contributed by atoms with van der Waals surface area (Å²) in [5, 5.41) is 9.66. The van der Waals surface area contributed by atoms with Gasteiger partial charge in [0.1, 0.15) is 11.2 Å². The van der Waals surface area contributed by atoms with Gasteiger partial charge in [-0.15, -0.1) is 11.3 Å². The molecule has 0 bridgehead atoms. The Balaban J connectivity index is 1.02. The quantitative estimate of drug-likeness (QED) is 0.167. The fourth-order valence-corrected chi connectivity index (χ4v) is 10.0. The molecule has 0 radical (unpaired) electrons. The summed E-state index contributed by atoms with van der Waals surface area (Å²) in [4.78, 5) is 2.38. The molecule has 0 atom stereocenters. The average Bonchev–Trinajstić information content (AvgIpc) is 3.88. The minimum Gasteiger partial charge on any atom is -0.455 e. The van der Waals surface area contributed by atoms with Crippen LogP contribution < -0.4 is 4.90 Å². The highest BCUT2D eigenvalue weighted by molar-refractivity contribution is 7.26. The van der Waals surface area contributed by atoms with E-state index in [2.05, 4.69) is 217 Å². The van der Waals surface area contributed by atoms with Crippen LogP contribution in [0.4, 0.5) is 17.1 Å². The summed E-state index contributed by atoms with van der Waals surface area (Å²) in [6.45, 7) is 0. The van der Waals surface area contributed by atoms with Crippen molar-refractivity contribution in [1.29, 1.82) is 0 Å². The molecule has 2 aromatic heterocycles. The summed E-state index contributed by atoms with van der Waals surface area (Å²) in [7, 11) is 0. The molecule has 0 aliphatic heterocycles. The van der Waals surface area contributed by atoms with Crippen LogP contribution in [0, 0.1) is 0 Å². The number of hydrogen-bond acceptors (Lipinski definition) is 3. The number of furan rings is 1. The highest BCUT2D eigenvalue weighted by Gasteiger charge is 2.22. The van der Waals surface area contributed by atoms with Crippen molar-refractivity contribution in [2.45, 2.75) is 0 Å². The highest BCUT2D eigenvalue weighted by Crippen LogP contribution is 2.47. The van der Waals surface area contributed by atoms with Crippen LogP contribution in [0.5, 0.6) is 0 Å². The van der Waals surface area contributed by atoms with Gasteiger partial charge in [-0.05, 0) is 104 Å². The van der Waals surface area contributed by atoms with E-state index in [9.17, 15) is 0 Å². The number of benzene rings is 10. The molecule has 0 saturated heterocycles. The van der Waals surface area contributed by atoms with E-state index >= 15 is 0 Å². The van der Waals surface area contributed by atoms with Gasteiger partial charge >= 0.3 is 0 Å². The zero-order chi connectivity index (χ0) is 38.9. The number of rotatable bonds is 6. The van der Waals surface area contributed by atoms with Crippen molar-refractivity contribution in [1.82, 2.24) is 0 Å². The maximum Gasteiger partial charge on any atom is 0.144 e. The zero-order valence-corrected chi connectivity index (χ0v) is 32.8. The molecule has 2 heterocycles. The van der Waals surface area contributed by atoms with Gasteiger partial charge in [-0.1, -0.05) is 152 Å². The molecule has 59 heavy (non-hydrogen) atoms. The van der Waals surface area contributed by atoms with Crippen LogP contribution in [0.3, 0.4) is 0 Å². The number of para-hydroxylation sites is 2. The lowest BCUT2D eigenvalue weighted by molar-refractivity contribution is 0.674. The SMILES string of the molecule is c1ccc(N(c2ccc(-c3ccc4ccccc4c3)cc2)c2ccc(-c3ccc4ccccc4c3)cc2)c(-c2cccc3c2oc2c3ccc3sc4ccccc4c32)c1. The second kappa shape index (κ2) is 13.6. The van der Waals surface area contributed by atoms with E-state index in [0.29, 0.717) is 0 Å². The lowest BCUT2D eigenvalue weighted by atomic mass is 9.98. The third kappa shape index (κ3) is 5.62. The second-order valence-corrected chi connectivity index (χ2v) is 16.4. The third-order valence-electron chi connectivity index (χ3n) is 11.9. The molecule has 0 N–H and O–H groups in total. The van der Waals surface area contributed by atoms with Crippen molar-refractivity contribution in [2.75, 3.05) is 4.90 Å². The van der Waals surface area contributed by atoms with Crippen molar-refractivity contribution in [3.05, 3.63) is 212 Å². The predicted molar refractivity (Wildman–Crippen MR) is 253 cm³/mol. The van der Waals surface area contributed by atoms with Gasteiger partial charge in [0.05, 0.1) is 5.69 Å². The monoisotopic (exact) mass is 769 g/mol. The maximum absolute atomic E-state index is 7.04. The molecular weight excluding hydrogens is 735 g/mol. The molecule has 0 amide bonds. The average molecular weight is 770 g/mol. The van der Waals surface area contributed by atoms with E-state index in [1.165, 1.54) is 64.0 Å². The zero-order valence-electron chi connectivity index (χ0n) is 32.0. The van der Waals surface area contributed by atoms with Crippen LogP contribution in [0.25, 0.3) is 97.0 Å². The van der Waals surface area contributed by atoms with Crippen molar-refractivity contribution < 1.29 is 4.42 Å². The fourth-order valence-electron chi connectivity index (χ4n) is 8.94. The molecule has 0 fully saturated rings. The van der Waals surface area contributed by atoms with Crippen molar-refractivity contribution in [3.63, 3.8) is 0 Å². The van der Waals surface area contributed by atoms with E-state index in [0.717, 1.165) is 50.1 Å². The highest BCUT2D eigenvalue weighted by atomic mass is 32.1. The summed E-state index contributed by atoms with van der Waals surface area (Å²) >= 11 is 1.82. The first-order valence-electron chi connectivity index (χ1n) is 20.1. The molecule has 3 heteroatoms. The van der Waals surface area contributed by atoms with Gasteiger partial charge in [-0.25, -0.2) is 0 Å². The van der Waals surface area contributed by atoms with Gasteiger partial charge in [0.15, 0.2) is 0 Å². The lowest BCUT2D eigenvalue weighted by Crippen LogP contribution is -2.11. The number of nitrogens with zero attached hydrogens (tertiary/aromatic N) is 1. The lowest BCUT2D eigenvalue weighted by Gasteiger charge is -2.28. The van der Waals surface area contributed by atoms with Crippen LogP contribution in [-0.4, -0.2) is 0 Å². The summed E-state index contributed by atoms with van der Waals surface area (Å²) in [6, 6.07) is 76.9. The fraction of sp³-hybridized carbons (Fsp3) is 0. The number of anilines is 3. The minimum absolute atomic E-state index is 0.899. The molecule has 276 valence electrons. The molecule has 0 spiro atoms. The Morgan fingerprint density at radius 3 is 1.54 bits per heavy atom. The Morgan fingerprint density at radius 2 is 0.864 bits per heavy atom. The normalized spacial score (nSPS) is 11.7. The number of thiophene rings is 1. The smallest absolute Gasteiger partial charge is 0.144 e. The molecule has 12 rings (SSSR count). The molecule has 0 unspecified atom stereocenters. The summed E-state index contributed by atoms with van der Waals surface area (Å²) in [5.41, 5.74) is 12.0. The molecule has 10 aromatic carbocycles. The first kappa shape index (κ1) is 33.7. The second-order valence-electron chi connectivity index (χ2n) is 15.3. The number of hydrogen-bond donors (Lipinski definition) is 0. The Hall–Kier alpha value is -7.46. The van der Waals surface area contributed by atoms with Gasteiger partial charge in [-0.2, -0.15) is 0 Å². The van der Waals surface area contributed by atoms with E-state index in [1.807, 2.05) is 11.3 Å². The Labute approximate surface area is 345 Å². The molecule has 0 saturated carbocycles. The van der Waals surface area contributed by atoms with Crippen LogP contribution in [0.15, 0.2) is 217 Å². The van der Waals surface area contributed by atoms with Crippen LogP contribution in [0.1, 0.15) is 0 Å². The standard InChI is InChI=1S/C56H35NOS/c1-3-12-40-34-42(22-20-36(40)10-1)38-24-28-44(29-25-38)57(45-30-26-39(27-31-45)43-23-21-37-11-2-4-13-41(37)35-43)51-18-7-5-14-46(51)47-16-9-17-48-49-32-33-53-54(56(49)58-55(47)48)50-15-6-8-19-52(50)59-53/h1-35H. The van der Waals surface area contributed by atoms with Crippen LogP contribution in [-0.2, 0) is 0 Å². The van der Waals surface area contributed by atoms with Crippen LogP contribution in [0.2, 0.25) is 0 Å². The first-order chi connectivity index (χ1) is 29.2. The summed E-state index contributed by atoms with van der Waals surface area (Å²) in [5.74, 6) is 0. The van der Waals surface area contributed by atoms with E-state index in [4.69, 9.17) is 4.42 Å². The van der Waals surface area contributed by atoms with E-state index in [-0.39, 0.29) is 0 Å². The maximum atomic E-state index is 7.04. The molecule has 12 aromatic rings. The van der Waals surface area contributed by atoms with Gasteiger partial charge in [0, 0.05) is 53.4 Å². The van der Waals surface area contributed by atoms with Gasteiger partial charge < -0.3 is 9.32 Å².